The predicted octanol–water partition coefficient (Wildman–Crippen LogP) is 3.84. The van der Waals surface area contributed by atoms with Gasteiger partial charge in [-0.3, -0.25) is 0 Å². The van der Waals surface area contributed by atoms with E-state index in [1.165, 1.54) is 13.2 Å². The van der Waals surface area contributed by atoms with Crippen molar-refractivity contribution < 1.29 is 19.0 Å². The Bertz CT molecular complexity index is 705. The molecule has 0 N–H and O–H groups in total. The molecule has 126 valence electrons. The second kappa shape index (κ2) is 8.89. The summed E-state index contributed by atoms with van der Waals surface area (Å²) in [6.45, 7) is 2.22. The van der Waals surface area contributed by atoms with Crippen LogP contribution < -0.4 is 4.74 Å². The van der Waals surface area contributed by atoms with Crippen LogP contribution in [0.3, 0.4) is 0 Å². The third-order valence-electron chi connectivity index (χ3n) is 3.62. The van der Waals surface area contributed by atoms with Crippen molar-refractivity contribution in [3.8, 4) is 5.75 Å². The lowest BCUT2D eigenvalue weighted by atomic mass is 9.94. The number of carbonyl (C=O) groups is 1. The Labute approximate surface area is 142 Å². The highest BCUT2D eigenvalue weighted by Gasteiger charge is 2.14. The van der Waals surface area contributed by atoms with Crippen molar-refractivity contribution in [3.63, 3.8) is 0 Å². The van der Waals surface area contributed by atoms with E-state index in [1.54, 1.807) is 7.11 Å². The molecule has 0 bridgehead atoms. The second-order valence-electron chi connectivity index (χ2n) is 5.18. The number of carbonyl (C=O) groups excluding carboxylic acids is 1. The van der Waals surface area contributed by atoms with E-state index in [-0.39, 0.29) is 6.79 Å². The lowest BCUT2D eigenvalue weighted by Crippen LogP contribution is -2.04. The summed E-state index contributed by atoms with van der Waals surface area (Å²) in [6, 6.07) is 15.6. The summed E-state index contributed by atoms with van der Waals surface area (Å²) in [4.78, 5) is 11.9. The molecule has 0 amide bonds. The number of ether oxygens (including phenoxy) is 3. The SMILES string of the molecule is CCc1ccc(OCOC)c(C(=CC(=O)OC)c2ccccc2)c1. The molecule has 0 spiro atoms. The first-order valence-corrected chi connectivity index (χ1v) is 7.79. The number of hydrogen-bond donors (Lipinski definition) is 0. The average molecular weight is 326 g/mol. The molecule has 4 nitrogen and oxygen atoms in total. The van der Waals surface area contributed by atoms with Crippen molar-refractivity contribution in [3.05, 3.63) is 71.3 Å². The van der Waals surface area contributed by atoms with Crippen LogP contribution >= 0.6 is 0 Å². The minimum atomic E-state index is -0.409. The fourth-order valence-corrected chi connectivity index (χ4v) is 2.37. The third kappa shape index (κ3) is 4.46. The molecule has 2 rings (SSSR count). The monoisotopic (exact) mass is 326 g/mol. The number of aryl methyl sites for hydroxylation is 1. The Morgan fingerprint density at radius 2 is 1.83 bits per heavy atom. The molecule has 4 heteroatoms. The molecule has 0 aliphatic heterocycles. The molecule has 0 aliphatic rings. The molecular formula is C20H22O4. The van der Waals surface area contributed by atoms with E-state index in [1.807, 2.05) is 48.5 Å². The molecule has 24 heavy (non-hydrogen) atoms. The van der Waals surface area contributed by atoms with E-state index in [2.05, 4.69) is 6.92 Å². The van der Waals surface area contributed by atoms with Gasteiger partial charge in [0.25, 0.3) is 0 Å². The Balaban J connectivity index is 2.60. The number of hydrogen-bond acceptors (Lipinski definition) is 4. The maximum absolute atomic E-state index is 11.9. The minimum Gasteiger partial charge on any atom is -0.467 e. The summed E-state index contributed by atoms with van der Waals surface area (Å²) in [6.07, 6.45) is 2.38. The highest BCUT2D eigenvalue weighted by molar-refractivity contribution is 5.97. The highest BCUT2D eigenvalue weighted by atomic mass is 16.7. The summed E-state index contributed by atoms with van der Waals surface area (Å²) in [5, 5.41) is 0. The zero-order chi connectivity index (χ0) is 17.4. The Kier molecular flexibility index (Phi) is 6.58. The number of benzene rings is 2. The molecule has 0 unspecified atom stereocenters. The summed E-state index contributed by atoms with van der Waals surface area (Å²) >= 11 is 0. The molecule has 0 fully saturated rings. The Hall–Kier alpha value is -2.59. The molecule has 2 aromatic carbocycles. The fraction of sp³-hybridized carbons (Fsp3) is 0.250. The van der Waals surface area contributed by atoms with Gasteiger partial charge in [-0.25, -0.2) is 4.79 Å². The van der Waals surface area contributed by atoms with Crippen LogP contribution in [0.1, 0.15) is 23.6 Å². The smallest absolute Gasteiger partial charge is 0.331 e. The van der Waals surface area contributed by atoms with Crippen molar-refractivity contribution in [2.75, 3.05) is 21.0 Å². The Morgan fingerprint density at radius 3 is 2.46 bits per heavy atom. The van der Waals surface area contributed by atoms with Crippen molar-refractivity contribution >= 4 is 11.5 Å². The zero-order valence-electron chi connectivity index (χ0n) is 14.2. The van der Waals surface area contributed by atoms with Crippen molar-refractivity contribution in [1.82, 2.24) is 0 Å². The van der Waals surface area contributed by atoms with Crippen LogP contribution in [0.15, 0.2) is 54.6 Å². The van der Waals surface area contributed by atoms with E-state index in [0.717, 1.165) is 28.7 Å². The van der Waals surface area contributed by atoms with Crippen LogP contribution in [0.5, 0.6) is 5.75 Å². The van der Waals surface area contributed by atoms with Gasteiger partial charge in [0.1, 0.15) is 5.75 Å². The molecule has 2 aromatic rings. The van der Waals surface area contributed by atoms with Crippen molar-refractivity contribution in [1.29, 1.82) is 0 Å². The van der Waals surface area contributed by atoms with Gasteiger partial charge in [-0.15, -0.1) is 0 Å². The van der Waals surface area contributed by atoms with Gasteiger partial charge in [0.2, 0.25) is 0 Å². The third-order valence-corrected chi connectivity index (χ3v) is 3.62. The second-order valence-corrected chi connectivity index (χ2v) is 5.18. The topological polar surface area (TPSA) is 44.8 Å². The van der Waals surface area contributed by atoms with Gasteiger partial charge < -0.3 is 14.2 Å². The fourth-order valence-electron chi connectivity index (χ4n) is 2.37. The summed E-state index contributed by atoms with van der Waals surface area (Å²) in [5.41, 5.74) is 3.66. The van der Waals surface area contributed by atoms with Gasteiger partial charge in [-0.05, 0) is 35.3 Å². The van der Waals surface area contributed by atoms with Crippen LogP contribution in [-0.4, -0.2) is 27.0 Å². The quantitative estimate of drug-likeness (QED) is 0.440. The summed E-state index contributed by atoms with van der Waals surface area (Å²) < 4.78 is 15.5. The first-order chi connectivity index (χ1) is 11.7. The van der Waals surface area contributed by atoms with Gasteiger partial charge >= 0.3 is 5.97 Å². The molecule has 0 heterocycles. The van der Waals surface area contributed by atoms with Crippen LogP contribution in [0.25, 0.3) is 5.57 Å². The van der Waals surface area contributed by atoms with Gasteiger partial charge in [0, 0.05) is 18.7 Å². The van der Waals surface area contributed by atoms with Gasteiger partial charge in [0.05, 0.1) is 7.11 Å². The largest absolute Gasteiger partial charge is 0.467 e. The summed E-state index contributed by atoms with van der Waals surface area (Å²) in [7, 11) is 2.94. The molecule has 0 saturated carbocycles. The molecule has 0 aromatic heterocycles. The van der Waals surface area contributed by atoms with Crippen LogP contribution in [0.4, 0.5) is 0 Å². The average Bonchev–Trinajstić information content (AvgIpc) is 2.64. The lowest BCUT2D eigenvalue weighted by Gasteiger charge is -2.15. The maximum atomic E-state index is 11.9. The van der Waals surface area contributed by atoms with E-state index in [0.29, 0.717) is 5.75 Å². The van der Waals surface area contributed by atoms with Gasteiger partial charge in [0.15, 0.2) is 6.79 Å². The van der Waals surface area contributed by atoms with E-state index in [4.69, 9.17) is 14.2 Å². The number of methoxy groups -OCH3 is 2. The molecule has 0 saturated heterocycles. The van der Waals surface area contributed by atoms with Crippen LogP contribution in [0.2, 0.25) is 0 Å². The van der Waals surface area contributed by atoms with E-state index >= 15 is 0 Å². The van der Waals surface area contributed by atoms with E-state index in [9.17, 15) is 4.79 Å². The zero-order valence-corrected chi connectivity index (χ0v) is 14.2. The first kappa shape index (κ1) is 17.8. The number of esters is 1. The first-order valence-electron chi connectivity index (χ1n) is 7.79. The summed E-state index contributed by atoms with van der Waals surface area (Å²) in [5.74, 6) is 0.251. The van der Waals surface area contributed by atoms with E-state index < -0.39 is 5.97 Å². The minimum absolute atomic E-state index is 0.138. The molecule has 0 atom stereocenters. The normalized spacial score (nSPS) is 11.2. The van der Waals surface area contributed by atoms with Crippen LogP contribution in [0, 0.1) is 0 Å². The van der Waals surface area contributed by atoms with Crippen LogP contribution in [-0.2, 0) is 20.7 Å². The number of rotatable bonds is 7. The molecular weight excluding hydrogens is 304 g/mol. The van der Waals surface area contributed by atoms with Crippen molar-refractivity contribution in [2.24, 2.45) is 0 Å². The van der Waals surface area contributed by atoms with Gasteiger partial charge in [-0.1, -0.05) is 43.3 Å². The highest BCUT2D eigenvalue weighted by Crippen LogP contribution is 2.32. The maximum Gasteiger partial charge on any atom is 0.331 e. The van der Waals surface area contributed by atoms with Gasteiger partial charge in [-0.2, -0.15) is 0 Å². The van der Waals surface area contributed by atoms with Crippen molar-refractivity contribution in [2.45, 2.75) is 13.3 Å². The molecule has 0 aliphatic carbocycles. The Morgan fingerprint density at radius 1 is 1.08 bits per heavy atom. The lowest BCUT2D eigenvalue weighted by molar-refractivity contribution is -0.134. The predicted molar refractivity (Wildman–Crippen MR) is 93.9 cm³/mol. The standard InChI is InChI=1S/C20H22O4/c1-4-15-10-11-19(24-14-22-2)18(12-15)17(13-20(21)23-3)16-8-6-5-7-9-16/h5-13H,4,14H2,1-3H3. The molecule has 0 radical (unpaired) electrons.